The van der Waals surface area contributed by atoms with Crippen molar-refractivity contribution < 1.29 is 13.2 Å². The molecule has 1 aliphatic rings. The Balaban J connectivity index is 2.02. The molecule has 0 aromatic heterocycles. The van der Waals surface area contributed by atoms with Crippen LogP contribution in [0.1, 0.15) is 23.2 Å². The van der Waals surface area contributed by atoms with Crippen molar-refractivity contribution in [3.05, 3.63) is 33.4 Å². The first kappa shape index (κ1) is 14.8. The summed E-state index contributed by atoms with van der Waals surface area (Å²) in [6.45, 7) is 1.03. The number of sulfone groups is 1. The molecule has 1 fully saturated rings. The highest BCUT2D eigenvalue weighted by Gasteiger charge is 2.28. The fraction of sp³-hybridized carbons (Fsp3) is 0.462. The first-order valence-corrected chi connectivity index (χ1v) is 9.15. The number of amides is 1. The van der Waals surface area contributed by atoms with Gasteiger partial charge in [0.05, 0.1) is 5.25 Å². The van der Waals surface area contributed by atoms with Gasteiger partial charge in [0.1, 0.15) is 9.84 Å². The van der Waals surface area contributed by atoms with E-state index in [1.807, 2.05) is 24.3 Å². The van der Waals surface area contributed by atoms with Crippen LogP contribution in [-0.2, 0) is 9.84 Å². The average Bonchev–Trinajstić information content (AvgIpc) is 2.38. The molecular weight excluding hydrogens is 377 g/mol. The molecule has 0 N–H and O–H groups in total. The number of benzene rings is 1. The highest BCUT2D eigenvalue weighted by atomic mass is 127. The quantitative estimate of drug-likeness (QED) is 0.722. The van der Waals surface area contributed by atoms with Crippen molar-refractivity contribution in [2.24, 2.45) is 0 Å². The van der Waals surface area contributed by atoms with E-state index in [-0.39, 0.29) is 11.2 Å². The highest BCUT2D eigenvalue weighted by Crippen LogP contribution is 2.19. The van der Waals surface area contributed by atoms with Gasteiger partial charge < -0.3 is 4.90 Å². The standard InChI is InChI=1S/C13H16INO3S/c1-19(17,18)12-6-8-15(9-7-12)13(16)10-2-4-11(14)5-3-10/h2-5,12H,6-9H2,1H3. The third-order valence-electron chi connectivity index (χ3n) is 3.43. The van der Waals surface area contributed by atoms with Gasteiger partial charge in [-0.1, -0.05) is 0 Å². The number of halogens is 1. The fourth-order valence-corrected chi connectivity index (χ4v) is 3.69. The maximum atomic E-state index is 12.2. The zero-order valence-corrected chi connectivity index (χ0v) is 13.6. The molecule has 0 radical (unpaired) electrons. The van der Waals surface area contributed by atoms with Crippen LogP contribution in [0.15, 0.2) is 24.3 Å². The third-order valence-corrected chi connectivity index (χ3v) is 5.83. The molecule has 1 amide bonds. The van der Waals surface area contributed by atoms with Gasteiger partial charge in [0.15, 0.2) is 0 Å². The van der Waals surface area contributed by atoms with E-state index in [0.29, 0.717) is 31.5 Å². The zero-order valence-electron chi connectivity index (χ0n) is 10.7. The summed E-state index contributed by atoms with van der Waals surface area (Å²) in [7, 11) is -2.98. The summed E-state index contributed by atoms with van der Waals surface area (Å²) in [6, 6.07) is 7.42. The minimum atomic E-state index is -2.98. The van der Waals surface area contributed by atoms with Gasteiger partial charge in [0.2, 0.25) is 0 Å². The number of rotatable bonds is 2. The number of hydrogen-bond acceptors (Lipinski definition) is 3. The Hall–Kier alpha value is -0.630. The molecule has 1 heterocycles. The number of carbonyl (C=O) groups excluding carboxylic acids is 1. The van der Waals surface area contributed by atoms with Crippen molar-refractivity contribution in [1.82, 2.24) is 4.90 Å². The Morgan fingerprint density at radius 1 is 1.21 bits per heavy atom. The molecule has 19 heavy (non-hydrogen) atoms. The Labute approximate surface area is 127 Å². The van der Waals surface area contributed by atoms with Crippen LogP contribution < -0.4 is 0 Å². The van der Waals surface area contributed by atoms with Crippen molar-refractivity contribution in [3.63, 3.8) is 0 Å². The molecule has 0 unspecified atom stereocenters. The maximum absolute atomic E-state index is 12.2. The van der Waals surface area contributed by atoms with Gasteiger partial charge in [-0.15, -0.1) is 0 Å². The second-order valence-electron chi connectivity index (χ2n) is 4.83. The van der Waals surface area contributed by atoms with Gasteiger partial charge in [-0.3, -0.25) is 4.79 Å². The highest BCUT2D eigenvalue weighted by molar-refractivity contribution is 14.1. The topological polar surface area (TPSA) is 54.5 Å². The predicted octanol–water partition coefficient (Wildman–Crippen LogP) is 1.94. The molecule has 1 saturated heterocycles. The minimum Gasteiger partial charge on any atom is -0.339 e. The van der Waals surface area contributed by atoms with Crippen LogP contribution in [0.25, 0.3) is 0 Å². The van der Waals surface area contributed by atoms with E-state index in [2.05, 4.69) is 22.6 Å². The summed E-state index contributed by atoms with van der Waals surface area (Å²) < 4.78 is 24.0. The van der Waals surface area contributed by atoms with E-state index >= 15 is 0 Å². The molecule has 104 valence electrons. The lowest BCUT2D eigenvalue weighted by atomic mass is 10.1. The van der Waals surface area contributed by atoms with E-state index in [9.17, 15) is 13.2 Å². The molecule has 0 atom stereocenters. The number of likely N-dealkylation sites (tertiary alicyclic amines) is 1. The molecule has 0 saturated carbocycles. The molecule has 0 spiro atoms. The van der Waals surface area contributed by atoms with Crippen LogP contribution in [-0.4, -0.2) is 43.8 Å². The summed E-state index contributed by atoms with van der Waals surface area (Å²) in [4.78, 5) is 14.0. The van der Waals surface area contributed by atoms with Gasteiger partial charge in [-0.05, 0) is 59.7 Å². The summed E-state index contributed by atoms with van der Waals surface area (Å²) in [6.07, 6.45) is 2.35. The van der Waals surface area contributed by atoms with Crippen LogP contribution in [0.5, 0.6) is 0 Å². The third kappa shape index (κ3) is 3.68. The molecular formula is C13H16INO3S. The number of nitrogens with zero attached hydrogens (tertiary/aromatic N) is 1. The van der Waals surface area contributed by atoms with E-state index in [1.54, 1.807) is 4.90 Å². The molecule has 1 aliphatic heterocycles. The number of carbonyl (C=O) groups is 1. The summed E-state index contributed by atoms with van der Waals surface area (Å²) in [5.41, 5.74) is 0.665. The molecule has 1 aromatic rings. The lowest BCUT2D eigenvalue weighted by Crippen LogP contribution is -2.42. The predicted molar refractivity (Wildman–Crippen MR) is 82.9 cm³/mol. The average molecular weight is 393 g/mol. The van der Waals surface area contributed by atoms with Crippen LogP contribution in [0.2, 0.25) is 0 Å². The van der Waals surface area contributed by atoms with E-state index in [4.69, 9.17) is 0 Å². The van der Waals surface area contributed by atoms with Crippen LogP contribution >= 0.6 is 22.6 Å². The van der Waals surface area contributed by atoms with Crippen LogP contribution in [0.3, 0.4) is 0 Å². The Morgan fingerprint density at radius 2 is 1.74 bits per heavy atom. The Morgan fingerprint density at radius 3 is 2.21 bits per heavy atom. The lowest BCUT2D eigenvalue weighted by Gasteiger charge is -2.31. The molecule has 4 nitrogen and oxygen atoms in total. The van der Waals surface area contributed by atoms with Crippen LogP contribution in [0.4, 0.5) is 0 Å². The van der Waals surface area contributed by atoms with Gasteiger partial charge in [-0.25, -0.2) is 8.42 Å². The maximum Gasteiger partial charge on any atom is 0.253 e. The minimum absolute atomic E-state index is 0.0108. The molecule has 6 heteroatoms. The first-order chi connectivity index (χ1) is 8.88. The molecule has 2 rings (SSSR count). The fourth-order valence-electron chi connectivity index (χ4n) is 2.26. The van der Waals surface area contributed by atoms with Crippen molar-refractivity contribution in [3.8, 4) is 0 Å². The van der Waals surface area contributed by atoms with Crippen molar-refractivity contribution >= 4 is 38.3 Å². The SMILES string of the molecule is CS(=O)(=O)C1CCN(C(=O)c2ccc(I)cc2)CC1. The van der Waals surface area contributed by atoms with Crippen molar-refractivity contribution in [2.45, 2.75) is 18.1 Å². The van der Waals surface area contributed by atoms with Crippen LogP contribution in [0, 0.1) is 3.57 Å². The molecule has 0 bridgehead atoms. The van der Waals surface area contributed by atoms with E-state index in [1.165, 1.54) is 6.26 Å². The summed E-state index contributed by atoms with van der Waals surface area (Å²) >= 11 is 2.19. The van der Waals surface area contributed by atoms with Gasteiger partial charge in [-0.2, -0.15) is 0 Å². The lowest BCUT2D eigenvalue weighted by molar-refractivity contribution is 0.0725. The summed E-state index contributed by atoms with van der Waals surface area (Å²) in [5, 5.41) is -0.298. The second-order valence-corrected chi connectivity index (χ2v) is 8.40. The summed E-state index contributed by atoms with van der Waals surface area (Å²) in [5.74, 6) is -0.0108. The van der Waals surface area contributed by atoms with Crippen molar-refractivity contribution in [1.29, 1.82) is 0 Å². The molecule has 0 aliphatic carbocycles. The number of piperidine rings is 1. The largest absolute Gasteiger partial charge is 0.339 e. The normalized spacial score (nSPS) is 17.5. The zero-order chi connectivity index (χ0) is 14.0. The Kier molecular flexibility index (Phi) is 4.50. The first-order valence-electron chi connectivity index (χ1n) is 6.11. The van der Waals surface area contributed by atoms with Crippen molar-refractivity contribution in [2.75, 3.05) is 19.3 Å². The van der Waals surface area contributed by atoms with E-state index in [0.717, 1.165) is 3.57 Å². The second kappa shape index (κ2) is 5.78. The van der Waals surface area contributed by atoms with Gasteiger partial charge in [0.25, 0.3) is 5.91 Å². The number of hydrogen-bond donors (Lipinski definition) is 0. The van der Waals surface area contributed by atoms with Gasteiger partial charge in [0, 0.05) is 28.5 Å². The molecule has 1 aromatic carbocycles. The monoisotopic (exact) mass is 393 g/mol. The smallest absolute Gasteiger partial charge is 0.253 e. The van der Waals surface area contributed by atoms with Gasteiger partial charge >= 0.3 is 0 Å². The Bertz CT molecular complexity index is 560. The van der Waals surface area contributed by atoms with E-state index < -0.39 is 9.84 Å².